The lowest BCUT2D eigenvalue weighted by atomic mass is 9.89. The number of rotatable bonds is 6. The van der Waals surface area contributed by atoms with Crippen LogP contribution in [0, 0.1) is 24.2 Å². The smallest absolute Gasteiger partial charge is 0.357 e. The van der Waals surface area contributed by atoms with Gasteiger partial charge in [0.05, 0.1) is 5.56 Å². The standard InChI is InChI=1S/C23H22N6O3S/c1-14-8-9-17-18(12-24)22(33-20(17)10-14)25-21(30)13-32-23(31)19(29-15(2)26-27-28-29)11-16-6-4-3-5-7-16/h3-7,11,14H,8-10,13H2,1-2H3,(H,25,30)/b19-11-/t14-/m1/s1. The van der Waals surface area contributed by atoms with Crippen molar-refractivity contribution in [2.45, 2.75) is 33.1 Å². The molecule has 1 amide bonds. The Bertz CT molecular complexity index is 1250. The molecule has 0 unspecified atom stereocenters. The summed E-state index contributed by atoms with van der Waals surface area (Å²) in [7, 11) is 0. The lowest BCUT2D eigenvalue weighted by Crippen LogP contribution is -2.23. The number of carbonyl (C=O) groups is 2. The number of amides is 1. The zero-order chi connectivity index (χ0) is 23.4. The van der Waals surface area contributed by atoms with Gasteiger partial charge >= 0.3 is 5.97 Å². The van der Waals surface area contributed by atoms with Gasteiger partial charge in [-0.05, 0) is 59.7 Å². The van der Waals surface area contributed by atoms with Gasteiger partial charge in [-0.15, -0.1) is 16.4 Å². The summed E-state index contributed by atoms with van der Waals surface area (Å²) in [6.45, 7) is 3.33. The normalized spacial score (nSPS) is 15.4. The molecule has 0 saturated heterocycles. The molecule has 1 atom stereocenters. The molecule has 1 aliphatic rings. The van der Waals surface area contributed by atoms with Crippen molar-refractivity contribution in [3.05, 3.63) is 57.7 Å². The Labute approximate surface area is 194 Å². The minimum Gasteiger partial charge on any atom is -0.451 e. The predicted molar refractivity (Wildman–Crippen MR) is 123 cm³/mol. The molecule has 0 bridgehead atoms. The molecule has 3 aromatic rings. The topological polar surface area (TPSA) is 123 Å². The van der Waals surface area contributed by atoms with Crippen LogP contribution in [0.1, 0.15) is 40.7 Å². The van der Waals surface area contributed by atoms with Crippen LogP contribution in [-0.2, 0) is 27.2 Å². The third-order valence-electron chi connectivity index (χ3n) is 5.38. The number of ether oxygens (including phenoxy) is 1. The number of hydrogen-bond donors (Lipinski definition) is 1. The number of hydrogen-bond acceptors (Lipinski definition) is 8. The Kier molecular flexibility index (Phi) is 6.60. The second kappa shape index (κ2) is 9.75. The fourth-order valence-corrected chi connectivity index (χ4v) is 5.07. The molecular weight excluding hydrogens is 440 g/mol. The van der Waals surface area contributed by atoms with Gasteiger partial charge < -0.3 is 10.1 Å². The van der Waals surface area contributed by atoms with Crippen LogP contribution in [0.5, 0.6) is 0 Å². The van der Waals surface area contributed by atoms with E-state index in [0.717, 1.165) is 35.3 Å². The van der Waals surface area contributed by atoms with Crippen LogP contribution >= 0.6 is 11.3 Å². The number of nitriles is 1. The molecule has 1 aliphatic carbocycles. The molecule has 0 spiro atoms. The average molecular weight is 463 g/mol. The number of aromatic nitrogens is 4. The first kappa shape index (κ1) is 22.4. The summed E-state index contributed by atoms with van der Waals surface area (Å²) in [6.07, 6.45) is 4.35. The number of aryl methyl sites for hydroxylation is 1. The van der Waals surface area contributed by atoms with Crippen LogP contribution in [0.4, 0.5) is 5.00 Å². The van der Waals surface area contributed by atoms with Gasteiger partial charge in [0.1, 0.15) is 11.1 Å². The first-order chi connectivity index (χ1) is 16.0. The van der Waals surface area contributed by atoms with E-state index in [1.54, 1.807) is 13.0 Å². The summed E-state index contributed by atoms with van der Waals surface area (Å²) >= 11 is 1.42. The SMILES string of the molecule is Cc1nnnn1/C(=C\c1ccccc1)C(=O)OCC(=O)Nc1sc2c(c1C#N)CC[C@@H](C)C2. The van der Waals surface area contributed by atoms with E-state index in [9.17, 15) is 14.9 Å². The Balaban J connectivity index is 1.47. The molecule has 33 heavy (non-hydrogen) atoms. The zero-order valence-electron chi connectivity index (χ0n) is 18.2. The van der Waals surface area contributed by atoms with Crippen LogP contribution in [0.15, 0.2) is 30.3 Å². The molecule has 168 valence electrons. The number of carbonyl (C=O) groups excluding carboxylic acids is 2. The van der Waals surface area contributed by atoms with E-state index in [1.165, 1.54) is 16.0 Å². The van der Waals surface area contributed by atoms with Gasteiger partial charge in [0.15, 0.2) is 18.1 Å². The lowest BCUT2D eigenvalue weighted by molar-refractivity contribution is -0.141. The van der Waals surface area contributed by atoms with Crippen molar-refractivity contribution in [1.82, 2.24) is 20.2 Å². The van der Waals surface area contributed by atoms with Gasteiger partial charge in [0.2, 0.25) is 0 Å². The first-order valence-corrected chi connectivity index (χ1v) is 11.3. The highest BCUT2D eigenvalue weighted by Gasteiger charge is 2.25. The molecule has 2 aromatic heterocycles. The minimum atomic E-state index is -0.746. The highest BCUT2D eigenvalue weighted by Crippen LogP contribution is 2.39. The number of fused-ring (bicyclic) bond motifs is 1. The number of thiophene rings is 1. The fourth-order valence-electron chi connectivity index (χ4n) is 3.69. The number of nitrogens with zero attached hydrogens (tertiary/aromatic N) is 5. The van der Waals surface area contributed by atoms with Crippen LogP contribution in [0.25, 0.3) is 11.8 Å². The number of anilines is 1. The van der Waals surface area contributed by atoms with Gasteiger partial charge in [-0.25, -0.2) is 4.79 Å². The second-order valence-corrected chi connectivity index (χ2v) is 8.98. The average Bonchev–Trinajstić information content (AvgIpc) is 3.38. The van der Waals surface area contributed by atoms with Crippen molar-refractivity contribution >= 4 is 40.0 Å². The van der Waals surface area contributed by atoms with Gasteiger partial charge in [0, 0.05) is 4.88 Å². The quantitative estimate of drug-likeness (QED) is 0.441. The maximum atomic E-state index is 12.8. The number of tetrazole rings is 1. The summed E-state index contributed by atoms with van der Waals surface area (Å²) in [6, 6.07) is 11.4. The van der Waals surface area contributed by atoms with Crippen molar-refractivity contribution in [3.63, 3.8) is 0 Å². The summed E-state index contributed by atoms with van der Waals surface area (Å²) < 4.78 is 6.53. The van der Waals surface area contributed by atoms with Crippen LogP contribution in [0.2, 0.25) is 0 Å². The van der Waals surface area contributed by atoms with Gasteiger partial charge in [0.25, 0.3) is 5.91 Å². The monoisotopic (exact) mass is 462 g/mol. The third kappa shape index (κ3) is 4.99. The fraction of sp³-hybridized carbons (Fsp3) is 0.304. The van der Waals surface area contributed by atoms with E-state index in [0.29, 0.717) is 22.3 Å². The van der Waals surface area contributed by atoms with Crippen LogP contribution < -0.4 is 5.32 Å². The van der Waals surface area contributed by atoms with Gasteiger partial charge in [-0.3, -0.25) is 4.79 Å². The maximum absolute atomic E-state index is 12.8. The van der Waals surface area contributed by atoms with Crippen molar-refractivity contribution in [3.8, 4) is 6.07 Å². The molecule has 1 aromatic carbocycles. The second-order valence-electron chi connectivity index (χ2n) is 7.87. The number of nitrogens with one attached hydrogen (secondary N) is 1. The van der Waals surface area contributed by atoms with E-state index in [-0.39, 0.29) is 5.70 Å². The van der Waals surface area contributed by atoms with Gasteiger partial charge in [-0.1, -0.05) is 37.3 Å². The predicted octanol–water partition coefficient (Wildman–Crippen LogP) is 3.22. The summed E-state index contributed by atoms with van der Waals surface area (Å²) in [5.74, 6) is -0.310. The number of benzene rings is 1. The molecular formula is C23H22N6O3S. The molecule has 0 radical (unpaired) electrons. The number of esters is 1. The summed E-state index contributed by atoms with van der Waals surface area (Å²) in [4.78, 5) is 26.5. The van der Waals surface area contributed by atoms with Crippen LogP contribution in [0.3, 0.4) is 0 Å². The van der Waals surface area contributed by atoms with Gasteiger partial charge in [-0.2, -0.15) is 9.94 Å². The molecule has 0 aliphatic heterocycles. The Morgan fingerprint density at radius 3 is 2.85 bits per heavy atom. The first-order valence-electron chi connectivity index (χ1n) is 10.5. The van der Waals surface area contributed by atoms with Crippen molar-refractivity contribution in [2.75, 3.05) is 11.9 Å². The highest BCUT2D eigenvalue weighted by molar-refractivity contribution is 7.16. The molecule has 2 heterocycles. The van der Waals surface area contributed by atoms with Crippen LogP contribution in [-0.4, -0.2) is 38.7 Å². The molecule has 0 saturated carbocycles. The van der Waals surface area contributed by atoms with Crippen molar-refractivity contribution in [1.29, 1.82) is 5.26 Å². The van der Waals surface area contributed by atoms with Crippen molar-refractivity contribution < 1.29 is 14.3 Å². The van der Waals surface area contributed by atoms with E-state index in [1.807, 2.05) is 30.3 Å². The summed E-state index contributed by atoms with van der Waals surface area (Å²) in [5, 5.41) is 24.1. The highest BCUT2D eigenvalue weighted by atomic mass is 32.1. The zero-order valence-corrected chi connectivity index (χ0v) is 19.1. The Morgan fingerprint density at radius 2 is 2.15 bits per heavy atom. The molecule has 10 heteroatoms. The Hall–Kier alpha value is -3.84. The van der Waals surface area contributed by atoms with Crippen molar-refractivity contribution in [2.24, 2.45) is 5.92 Å². The largest absolute Gasteiger partial charge is 0.451 e. The van der Waals surface area contributed by atoms with E-state index in [4.69, 9.17) is 4.74 Å². The maximum Gasteiger partial charge on any atom is 0.357 e. The Morgan fingerprint density at radius 1 is 1.36 bits per heavy atom. The van der Waals surface area contributed by atoms with E-state index < -0.39 is 18.5 Å². The van der Waals surface area contributed by atoms with E-state index >= 15 is 0 Å². The van der Waals surface area contributed by atoms with E-state index in [2.05, 4.69) is 33.8 Å². The third-order valence-corrected chi connectivity index (χ3v) is 6.55. The molecule has 1 N–H and O–H groups in total. The summed E-state index contributed by atoms with van der Waals surface area (Å²) in [5.41, 5.74) is 2.36. The molecule has 4 rings (SSSR count). The minimum absolute atomic E-state index is 0.0785. The molecule has 0 fully saturated rings. The lowest BCUT2D eigenvalue weighted by Gasteiger charge is -2.17. The molecule has 9 nitrogen and oxygen atoms in total.